The second-order valence-corrected chi connectivity index (χ2v) is 8.26. The first-order valence-corrected chi connectivity index (χ1v) is 9.27. The van der Waals surface area contributed by atoms with E-state index < -0.39 is 5.41 Å². The van der Waals surface area contributed by atoms with Gasteiger partial charge in [0.25, 0.3) is 5.56 Å². The molecule has 0 fully saturated rings. The van der Waals surface area contributed by atoms with Crippen LogP contribution in [0.2, 0.25) is 0 Å². The molecule has 3 aromatic rings. The van der Waals surface area contributed by atoms with Crippen molar-refractivity contribution in [1.29, 1.82) is 0 Å². The molecule has 0 radical (unpaired) electrons. The number of benzene rings is 2. The van der Waals surface area contributed by atoms with Gasteiger partial charge < -0.3 is 4.98 Å². The highest BCUT2D eigenvalue weighted by atomic mass is 32.1. The summed E-state index contributed by atoms with van der Waals surface area (Å²) >= 11 is 1.30. The number of nitrogens with one attached hydrogen (secondary N) is 1. The summed E-state index contributed by atoms with van der Waals surface area (Å²) in [4.78, 5) is 27.0. The van der Waals surface area contributed by atoms with Crippen molar-refractivity contribution >= 4 is 29.3 Å². The predicted octanol–water partition coefficient (Wildman–Crippen LogP) is 3.33. The Hall–Kier alpha value is -2.72. The summed E-state index contributed by atoms with van der Waals surface area (Å²) in [6.45, 7) is 5.58. The monoisotopic (exact) mass is 363 g/mol. The number of rotatable bonds is 3. The summed E-state index contributed by atoms with van der Waals surface area (Å²) in [5, 5.41) is 0. The van der Waals surface area contributed by atoms with Crippen molar-refractivity contribution in [3.05, 3.63) is 79.7 Å². The molecule has 1 N–H and O–H groups in total. The maximum absolute atomic E-state index is 12.2. The molecule has 3 nitrogen and oxygen atoms in total. The number of carbonyl (C=O) groups is 1. The van der Waals surface area contributed by atoms with Crippen LogP contribution in [0.15, 0.2) is 59.4 Å². The van der Waals surface area contributed by atoms with E-state index in [1.165, 1.54) is 17.4 Å². The molecule has 0 aliphatic carbocycles. The smallest absolute Gasteiger partial charge is 0.266 e. The van der Waals surface area contributed by atoms with Crippen molar-refractivity contribution < 1.29 is 4.79 Å². The standard InChI is InChI=1S/C22H21NO2S/c1-22(2,3)19(24)14-20-23-21(25)18(26-20)13-15-9-11-17(12-10-15)16-7-5-4-6-8-16/h4-14H,1-3H3,(H,23,25)/b18-13+,20-14+. The summed E-state index contributed by atoms with van der Waals surface area (Å²) in [5.74, 6) is -0.00577. The molecule has 0 unspecified atom stereocenters. The minimum atomic E-state index is -0.460. The molecule has 2 aromatic carbocycles. The van der Waals surface area contributed by atoms with Crippen LogP contribution in [0.4, 0.5) is 0 Å². The molecule has 0 saturated heterocycles. The van der Waals surface area contributed by atoms with Crippen LogP contribution in [0.5, 0.6) is 0 Å². The molecule has 4 heteroatoms. The quantitative estimate of drug-likeness (QED) is 0.776. The molecule has 26 heavy (non-hydrogen) atoms. The molecule has 0 saturated carbocycles. The molecule has 0 aliphatic rings. The Morgan fingerprint density at radius 3 is 2.19 bits per heavy atom. The predicted molar refractivity (Wildman–Crippen MR) is 109 cm³/mol. The second-order valence-electron chi connectivity index (χ2n) is 7.18. The van der Waals surface area contributed by atoms with Crippen molar-refractivity contribution in [1.82, 2.24) is 4.98 Å². The number of aromatic nitrogens is 1. The largest absolute Gasteiger partial charge is 0.313 e. The van der Waals surface area contributed by atoms with E-state index in [2.05, 4.69) is 17.1 Å². The number of H-pyrrole nitrogens is 1. The number of aromatic amines is 1. The second kappa shape index (κ2) is 7.26. The highest BCUT2D eigenvalue weighted by Crippen LogP contribution is 2.19. The van der Waals surface area contributed by atoms with Crippen LogP contribution in [-0.2, 0) is 4.79 Å². The molecule has 1 aromatic heterocycles. The van der Waals surface area contributed by atoms with Crippen molar-refractivity contribution in [3.8, 4) is 11.1 Å². The Bertz CT molecular complexity index is 1080. The Kier molecular flexibility index (Phi) is 5.05. The van der Waals surface area contributed by atoms with E-state index in [0.29, 0.717) is 9.20 Å². The zero-order chi connectivity index (χ0) is 18.7. The van der Waals surface area contributed by atoms with Gasteiger partial charge in [-0.25, -0.2) is 0 Å². The van der Waals surface area contributed by atoms with Gasteiger partial charge in [-0.15, -0.1) is 11.3 Å². The lowest BCUT2D eigenvalue weighted by Crippen LogP contribution is -2.22. The van der Waals surface area contributed by atoms with E-state index in [1.54, 1.807) is 0 Å². The minimum absolute atomic E-state index is 0.00577. The summed E-state index contributed by atoms with van der Waals surface area (Å²) in [5.41, 5.74) is 2.61. The first-order valence-electron chi connectivity index (χ1n) is 8.45. The number of thiazole rings is 1. The van der Waals surface area contributed by atoms with Gasteiger partial charge in [-0.2, -0.15) is 0 Å². The van der Waals surface area contributed by atoms with Gasteiger partial charge in [0, 0.05) is 11.5 Å². The lowest BCUT2D eigenvalue weighted by Gasteiger charge is -2.12. The van der Waals surface area contributed by atoms with E-state index in [1.807, 2.05) is 69.3 Å². The highest BCUT2D eigenvalue weighted by molar-refractivity contribution is 7.07. The minimum Gasteiger partial charge on any atom is -0.313 e. The first kappa shape index (κ1) is 18.1. The summed E-state index contributed by atoms with van der Waals surface area (Å²) in [7, 11) is 0. The van der Waals surface area contributed by atoms with Crippen LogP contribution >= 0.6 is 11.3 Å². The molecule has 132 valence electrons. The van der Waals surface area contributed by atoms with E-state index in [-0.39, 0.29) is 11.3 Å². The van der Waals surface area contributed by atoms with E-state index >= 15 is 0 Å². The van der Waals surface area contributed by atoms with Crippen LogP contribution in [0.1, 0.15) is 26.3 Å². The van der Waals surface area contributed by atoms with Crippen LogP contribution in [0.25, 0.3) is 23.3 Å². The highest BCUT2D eigenvalue weighted by Gasteiger charge is 2.18. The van der Waals surface area contributed by atoms with Crippen LogP contribution in [-0.4, -0.2) is 10.8 Å². The van der Waals surface area contributed by atoms with E-state index in [9.17, 15) is 9.59 Å². The maximum atomic E-state index is 12.2. The van der Waals surface area contributed by atoms with Crippen molar-refractivity contribution in [3.63, 3.8) is 0 Å². The maximum Gasteiger partial charge on any atom is 0.266 e. The molecule has 0 amide bonds. The number of hydrogen-bond donors (Lipinski definition) is 1. The third-order valence-corrected chi connectivity index (χ3v) is 4.96. The number of Topliss-reactive ketones (excluding diaryl/α,β-unsaturated/α-hetero) is 1. The van der Waals surface area contributed by atoms with Gasteiger partial charge >= 0.3 is 0 Å². The first-order chi connectivity index (χ1) is 12.3. The van der Waals surface area contributed by atoms with Gasteiger partial charge in [-0.05, 0) is 22.8 Å². The van der Waals surface area contributed by atoms with Gasteiger partial charge in [0.15, 0.2) is 5.78 Å². The Morgan fingerprint density at radius 2 is 1.58 bits per heavy atom. The zero-order valence-electron chi connectivity index (χ0n) is 15.1. The van der Waals surface area contributed by atoms with E-state index in [0.717, 1.165) is 16.7 Å². The van der Waals surface area contributed by atoms with Gasteiger partial charge in [-0.3, -0.25) is 9.59 Å². The summed E-state index contributed by atoms with van der Waals surface area (Å²) in [6, 6.07) is 18.2. The molecule has 0 spiro atoms. The van der Waals surface area contributed by atoms with Crippen molar-refractivity contribution in [2.24, 2.45) is 5.41 Å². The number of carbonyl (C=O) groups excluding carboxylic acids is 1. The van der Waals surface area contributed by atoms with Crippen molar-refractivity contribution in [2.75, 3.05) is 0 Å². The molecule has 1 heterocycles. The molecule has 0 bridgehead atoms. The lowest BCUT2D eigenvalue weighted by molar-refractivity contribution is -0.119. The average Bonchev–Trinajstić information content (AvgIpc) is 2.94. The van der Waals surface area contributed by atoms with E-state index in [4.69, 9.17) is 0 Å². The Labute approximate surface area is 156 Å². The summed E-state index contributed by atoms with van der Waals surface area (Å²) in [6.07, 6.45) is 3.36. The molecule has 0 atom stereocenters. The normalized spacial score (nSPS) is 13.2. The Morgan fingerprint density at radius 1 is 0.962 bits per heavy atom. The third-order valence-electron chi connectivity index (χ3n) is 4.00. The Balaban J connectivity index is 1.93. The van der Waals surface area contributed by atoms with Gasteiger partial charge in [-0.1, -0.05) is 75.4 Å². The molecular formula is C22H21NO2S. The number of hydrogen-bond acceptors (Lipinski definition) is 3. The molecule has 0 aliphatic heterocycles. The molecular weight excluding hydrogens is 342 g/mol. The zero-order valence-corrected chi connectivity index (χ0v) is 15.9. The van der Waals surface area contributed by atoms with Crippen LogP contribution < -0.4 is 14.8 Å². The van der Waals surface area contributed by atoms with Crippen LogP contribution in [0.3, 0.4) is 0 Å². The molecule has 3 rings (SSSR count). The van der Waals surface area contributed by atoms with Crippen molar-refractivity contribution in [2.45, 2.75) is 20.8 Å². The fourth-order valence-electron chi connectivity index (χ4n) is 2.41. The summed E-state index contributed by atoms with van der Waals surface area (Å²) < 4.78 is 1.17. The van der Waals surface area contributed by atoms with Gasteiger partial charge in [0.1, 0.15) is 0 Å². The fraction of sp³-hybridized carbons (Fsp3) is 0.182. The fourth-order valence-corrected chi connectivity index (χ4v) is 3.30. The van der Waals surface area contributed by atoms with Gasteiger partial charge in [0.05, 0.1) is 9.20 Å². The topological polar surface area (TPSA) is 49.9 Å². The van der Waals surface area contributed by atoms with Crippen LogP contribution in [0, 0.1) is 5.41 Å². The number of ketones is 1. The lowest BCUT2D eigenvalue weighted by atomic mass is 9.91. The third kappa shape index (κ3) is 4.27. The average molecular weight is 363 g/mol. The SMILES string of the molecule is CC(C)(C)C(=O)/C=c1\[nH]c(=O)/c(=C\c2ccc(-c3ccccc3)cc2)s1. The van der Waals surface area contributed by atoms with Gasteiger partial charge in [0.2, 0.25) is 0 Å².